The van der Waals surface area contributed by atoms with Crippen molar-refractivity contribution in [2.75, 3.05) is 0 Å². The molecule has 3 rings (SSSR count). The van der Waals surface area contributed by atoms with Gasteiger partial charge in [-0.3, -0.25) is 4.57 Å². The van der Waals surface area contributed by atoms with E-state index in [9.17, 15) is 0 Å². The minimum absolute atomic E-state index is 0.217. The molecule has 3 aromatic rings. The summed E-state index contributed by atoms with van der Waals surface area (Å²) in [6, 6.07) is 17.9. The van der Waals surface area contributed by atoms with Crippen molar-refractivity contribution in [3.8, 4) is 23.1 Å². The summed E-state index contributed by atoms with van der Waals surface area (Å²) in [4.78, 5) is 0. The second-order valence-electron chi connectivity index (χ2n) is 5.37. The van der Waals surface area contributed by atoms with Gasteiger partial charge in [0.25, 0.3) is 0 Å². The lowest BCUT2D eigenvalue weighted by atomic mass is 10.1. The molecule has 2 aromatic carbocycles. The van der Waals surface area contributed by atoms with E-state index < -0.39 is 0 Å². The Labute approximate surface area is 150 Å². The molecule has 0 aliphatic rings. The van der Waals surface area contributed by atoms with Gasteiger partial charge in [-0.25, -0.2) is 0 Å². The zero-order chi connectivity index (χ0) is 17.1. The van der Waals surface area contributed by atoms with Crippen molar-refractivity contribution in [1.29, 1.82) is 5.26 Å². The quantitative estimate of drug-likeness (QED) is 0.625. The average Bonchev–Trinajstić information content (AvgIpc) is 2.99. The maximum Gasteiger partial charge on any atom is 0.197 e. The zero-order valence-corrected chi connectivity index (χ0v) is 14.8. The molecule has 0 spiro atoms. The molecule has 0 saturated heterocycles. The highest BCUT2D eigenvalue weighted by atomic mass is 35.5. The number of nitriles is 1. The molecule has 24 heavy (non-hydrogen) atoms. The Bertz CT molecular complexity index is 879. The van der Waals surface area contributed by atoms with Crippen LogP contribution in [0.25, 0.3) is 17.1 Å². The van der Waals surface area contributed by atoms with E-state index in [1.165, 1.54) is 17.3 Å². The van der Waals surface area contributed by atoms with Crippen LogP contribution in [0.5, 0.6) is 0 Å². The molecule has 0 bridgehead atoms. The fraction of sp³-hybridized carbons (Fsp3) is 0.167. The van der Waals surface area contributed by atoms with Crippen molar-refractivity contribution >= 4 is 23.4 Å². The summed E-state index contributed by atoms with van der Waals surface area (Å²) < 4.78 is 1.96. The number of thioether (sulfide) groups is 1. The monoisotopic (exact) mass is 354 g/mol. The first-order valence-electron chi connectivity index (χ1n) is 7.43. The summed E-state index contributed by atoms with van der Waals surface area (Å²) in [6.45, 7) is 3.89. The number of benzene rings is 2. The lowest BCUT2D eigenvalue weighted by Crippen LogP contribution is -2.01. The molecule has 1 heterocycles. The Balaban J connectivity index is 2.14. The molecule has 0 aliphatic heterocycles. The highest BCUT2D eigenvalue weighted by Gasteiger charge is 2.18. The minimum Gasteiger partial charge on any atom is -0.270 e. The van der Waals surface area contributed by atoms with E-state index in [2.05, 4.69) is 16.3 Å². The zero-order valence-electron chi connectivity index (χ0n) is 13.3. The van der Waals surface area contributed by atoms with Crippen molar-refractivity contribution in [2.45, 2.75) is 24.3 Å². The summed E-state index contributed by atoms with van der Waals surface area (Å²) in [6.07, 6.45) is 0. The van der Waals surface area contributed by atoms with E-state index in [4.69, 9.17) is 16.9 Å². The molecule has 120 valence electrons. The normalized spacial score (nSPS) is 11.9. The van der Waals surface area contributed by atoms with Gasteiger partial charge in [0.05, 0.1) is 11.3 Å². The fourth-order valence-electron chi connectivity index (χ4n) is 2.24. The SMILES string of the molecule is Cc1ccc(-c2nnc(S[C@H](C)C#N)n2-c2ccc(Cl)cc2)cc1. The van der Waals surface area contributed by atoms with E-state index in [1.807, 2.05) is 66.9 Å². The Kier molecular flexibility index (Phi) is 4.89. The molecule has 0 saturated carbocycles. The van der Waals surface area contributed by atoms with Gasteiger partial charge in [-0.1, -0.05) is 53.2 Å². The Morgan fingerprint density at radius 1 is 1.08 bits per heavy atom. The standard InChI is InChI=1S/C18H15ClN4S/c1-12-3-5-14(6-4-12)17-21-22-18(24-13(2)11-20)23(17)16-9-7-15(19)8-10-16/h3-10,13H,1-2H3/t13-/m1/s1. The van der Waals surface area contributed by atoms with Crippen molar-refractivity contribution in [1.82, 2.24) is 14.8 Å². The summed E-state index contributed by atoms with van der Waals surface area (Å²) in [5.74, 6) is 0.741. The van der Waals surface area contributed by atoms with Gasteiger partial charge in [-0.05, 0) is 38.1 Å². The summed E-state index contributed by atoms with van der Waals surface area (Å²) in [7, 11) is 0. The Morgan fingerprint density at radius 3 is 2.38 bits per heavy atom. The molecule has 6 heteroatoms. The van der Waals surface area contributed by atoms with Gasteiger partial charge in [0, 0.05) is 16.3 Å². The first-order chi connectivity index (χ1) is 11.6. The van der Waals surface area contributed by atoms with Crippen molar-refractivity contribution in [3.05, 3.63) is 59.1 Å². The highest BCUT2D eigenvalue weighted by Crippen LogP contribution is 2.30. The van der Waals surface area contributed by atoms with Crippen LogP contribution in [0.4, 0.5) is 0 Å². The predicted molar refractivity (Wildman–Crippen MR) is 97.5 cm³/mol. The Hall–Kier alpha value is -2.29. The van der Waals surface area contributed by atoms with Gasteiger partial charge in [-0.15, -0.1) is 10.2 Å². The summed E-state index contributed by atoms with van der Waals surface area (Å²) in [5, 5.41) is 18.9. The van der Waals surface area contributed by atoms with Crippen molar-refractivity contribution < 1.29 is 0 Å². The van der Waals surface area contributed by atoms with Crippen LogP contribution in [-0.2, 0) is 0 Å². The number of rotatable bonds is 4. The molecule has 1 aromatic heterocycles. The maximum atomic E-state index is 9.10. The van der Waals surface area contributed by atoms with Crippen LogP contribution >= 0.6 is 23.4 Å². The van der Waals surface area contributed by atoms with E-state index in [-0.39, 0.29) is 5.25 Å². The molecular formula is C18H15ClN4S. The van der Waals surface area contributed by atoms with Crippen molar-refractivity contribution in [3.63, 3.8) is 0 Å². The number of halogens is 1. The number of nitrogens with zero attached hydrogens (tertiary/aromatic N) is 4. The number of aromatic nitrogens is 3. The lowest BCUT2D eigenvalue weighted by molar-refractivity contribution is 0.883. The average molecular weight is 355 g/mol. The molecule has 0 amide bonds. The molecule has 0 N–H and O–H groups in total. The second kappa shape index (κ2) is 7.08. The van der Waals surface area contributed by atoms with Gasteiger partial charge >= 0.3 is 0 Å². The molecule has 0 radical (unpaired) electrons. The van der Waals surface area contributed by atoms with E-state index in [0.717, 1.165) is 17.1 Å². The van der Waals surface area contributed by atoms with Crippen LogP contribution in [0.15, 0.2) is 53.7 Å². The molecular weight excluding hydrogens is 340 g/mol. The fourth-order valence-corrected chi connectivity index (χ4v) is 3.12. The van der Waals surface area contributed by atoms with Gasteiger partial charge in [0.15, 0.2) is 11.0 Å². The van der Waals surface area contributed by atoms with E-state index >= 15 is 0 Å². The molecule has 0 aliphatic carbocycles. The van der Waals surface area contributed by atoms with Gasteiger partial charge in [-0.2, -0.15) is 5.26 Å². The smallest absolute Gasteiger partial charge is 0.197 e. The number of hydrogen-bond donors (Lipinski definition) is 0. The van der Waals surface area contributed by atoms with Crippen molar-refractivity contribution in [2.24, 2.45) is 0 Å². The highest BCUT2D eigenvalue weighted by molar-refractivity contribution is 8.00. The number of hydrogen-bond acceptors (Lipinski definition) is 4. The molecule has 0 unspecified atom stereocenters. The largest absolute Gasteiger partial charge is 0.270 e. The lowest BCUT2D eigenvalue weighted by Gasteiger charge is -2.11. The number of aryl methyl sites for hydroxylation is 1. The van der Waals surface area contributed by atoms with Crippen LogP contribution in [-0.4, -0.2) is 20.0 Å². The van der Waals surface area contributed by atoms with Crippen LogP contribution in [0, 0.1) is 18.3 Å². The molecule has 1 atom stereocenters. The molecule has 4 nitrogen and oxygen atoms in total. The Morgan fingerprint density at radius 2 is 1.75 bits per heavy atom. The summed E-state index contributed by atoms with van der Waals surface area (Å²) in [5.41, 5.74) is 3.07. The predicted octanol–water partition coefficient (Wildman–Crippen LogP) is 4.90. The summed E-state index contributed by atoms with van der Waals surface area (Å²) >= 11 is 7.39. The third-order valence-electron chi connectivity index (χ3n) is 3.49. The third-order valence-corrected chi connectivity index (χ3v) is 4.68. The van der Waals surface area contributed by atoms with E-state index in [0.29, 0.717) is 10.2 Å². The first kappa shape index (κ1) is 16.6. The topological polar surface area (TPSA) is 54.5 Å². The van der Waals surface area contributed by atoms with Crippen LogP contribution in [0.2, 0.25) is 5.02 Å². The van der Waals surface area contributed by atoms with Gasteiger partial charge in [0.2, 0.25) is 0 Å². The van der Waals surface area contributed by atoms with Gasteiger partial charge in [0.1, 0.15) is 0 Å². The minimum atomic E-state index is -0.217. The third kappa shape index (κ3) is 3.45. The van der Waals surface area contributed by atoms with Crippen LogP contribution in [0.3, 0.4) is 0 Å². The van der Waals surface area contributed by atoms with Crippen LogP contribution < -0.4 is 0 Å². The first-order valence-corrected chi connectivity index (χ1v) is 8.69. The van der Waals surface area contributed by atoms with Crippen LogP contribution in [0.1, 0.15) is 12.5 Å². The maximum absolute atomic E-state index is 9.10. The second-order valence-corrected chi connectivity index (χ2v) is 7.12. The molecule has 0 fully saturated rings. The van der Waals surface area contributed by atoms with Gasteiger partial charge < -0.3 is 0 Å². The van der Waals surface area contributed by atoms with E-state index in [1.54, 1.807) is 0 Å².